The molecule has 0 spiro atoms. The normalized spacial score (nSPS) is 21.2. The van der Waals surface area contributed by atoms with Gasteiger partial charge in [0.2, 0.25) is 0 Å². The first-order valence-electron chi connectivity index (χ1n) is 10.6. The maximum Gasteiger partial charge on any atom is 0.341 e. The van der Waals surface area contributed by atoms with Gasteiger partial charge < -0.3 is 14.5 Å². The molecule has 152 valence electrons. The average molecular weight is 386 g/mol. The van der Waals surface area contributed by atoms with E-state index in [1.54, 1.807) is 10.9 Å². The van der Waals surface area contributed by atoms with Gasteiger partial charge in [-0.2, -0.15) is 5.10 Å². The lowest BCUT2D eigenvalue weighted by atomic mass is 10.1. The molecule has 1 unspecified atom stereocenters. The number of esters is 1. The van der Waals surface area contributed by atoms with Crippen LogP contribution in [0.5, 0.6) is 0 Å². The first-order valence-corrected chi connectivity index (χ1v) is 10.6. The summed E-state index contributed by atoms with van der Waals surface area (Å²) in [5.41, 5.74) is 3.24. The third kappa shape index (κ3) is 3.48. The van der Waals surface area contributed by atoms with Crippen LogP contribution in [0.4, 0.5) is 5.69 Å². The van der Waals surface area contributed by atoms with Crippen molar-refractivity contribution in [2.45, 2.75) is 52.0 Å². The molecule has 0 N–H and O–H groups in total. The first kappa shape index (κ1) is 19.2. The van der Waals surface area contributed by atoms with E-state index in [9.17, 15) is 4.79 Å². The van der Waals surface area contributed by atoms with Gasteiger partial charge in [0, 0.05) is 32.4 Å². The van der Waals surface area contributed by atoms with Gasteiger partial charge in [-0.25, -0.2) is 9.78 Å². The molecule has 2 aromatic heterocycles. The predicted molar refractivity (Wildman–Crippen MR) is 110 cm³/mol. The molecule has 4 heterocycles. The highest BCUT2D eigenvalue weighted by molar-refractivity contribution is 6.05. The number of rotatable bonds is 4. The third-order valence-corrected chi connectivity index (χ3v) is 6.17. The summed E-state index contributed by atoms with van der Waals surface area (Å²) in [5.74, 6) is -0.296. The smallest absolute Gasteiger partial charge is 0.341 e. The Kier molecular flexibility index (Phi) is 5.53. The van der Waals surface area contributed by atoms with Crippen LogP contribution < -0.4 is 4.90 Å². The number of hydrogen-bond donors (Lipinski definition) is 0. The lowest BCUT2D eigenvalue weighted by Gasteiger charge is -2.28. The molecule has 2 aliphatic rings. The molecule has 2 aromatic rings. The number of aromatic nitrogens is 3. The van der Waals surface area contributed by atoms with Gasteiger partial charge in [0.1, 0.15) is 5.56 Å². The van der Waals surface area contributed by atoms with Crippen LogP contribution in [0.2, 0.25) is 0 Å². The Labute approximate surface area is 166 Å². The van der Waals surface area contributed by atoms with E-state index >= 15 is 0 Å². The molecule has 0 aromatic carbocycles. The van der Waals surface area contributed by atoms with Gasteiger partial charge in [0.05, 0.1) is 23.4 Å². The molecular formula is C21H31N5O2. The average Bonchev–Trinajstić information content (AvgIpc) is 3.23. The molecule has 1 atom stereocenters. The van der Waals surface area contributed by atoms with Crippen molar-refractivity contribution in [2.24, 2.45) is 7.05 Å². The van der Waals surface area contributed by atoms with E-state index in [0.717, 1.165) is 48.3 Å². The second-order valence-corrected chi connectivity index (χ2v) is 7.96. The second-order valence-electron chi connectivity index (χ2n) is 7.96. The SMILES string of the molecule is CCOC(=O)c1cnc2c(c(C)nn2C)c1N1CCCC(N2CCCC2)CC1. The highest BCUT2D eigenvalue weighted by Gasteiger charge is 2.29. The first-order chi connectivity index (χ1) is 13.6. The van der Waals surface area contributed by atoms with Gasteiger partial charge in [-0.05, 0) is 59.0 Å². The van der Waals surface area contributed by atoms with E-state index in [0.29, 0.717) is 18.2 Å². The standard InChI is InChI=1S/C21H31N5O2/c1-4-28-21(27)17-14-22-20-18(15(2)23-24(20)3)19(17)26-12-7-8-16(9-13-26)25-10-5-6-11-25/h14,16H,4-13H2,1-3H3. The number of ether oxygens (including phenoxy) is 1. The number of carbonyl (C=O) groups is 1. The summed E-state index contributed by atoms with van der Waals surface area (Å²) in [6.45, 7) is 8.56. The lowest BCUT2D eigenvalue weighted by molar-refractivity contribution is 0.0527. The lowest BCUT2D eigenvalue weighted by Crippen LogP contribution is -2.34. The fourth-order valence-corrected chi connectivity index (χ4v) is 4.85. The van der Waals surface area contributed by atoms with Crippen molar-refractivity contribution in [3.63, 3.8) is 0 Å². The largest absolute Gasteiger partial charge is 0.462 e. The fraction of sp³-hybridized carbons (Fsp3) is 0.667. The molecule has 4 rings (SSSR count). The van der Waals surface area contributed by atoms with Crippen LogP contribution in [-0.4, -0.2) is 64.5 Å². The molecular weight excluding hydrogens is 354 g/mol. The minimum Gasteiger partial charge on any atom is -0.462 e. The topological polar surface area (TPSA) is 63.5 Å². The fourth-order valence-electron chi connectivity index (χ4n) is 4.85. The second kappa shape index (κ2) is 8.07. The van der Waals surface area contributed by atoms with Crippen molar-refractivity contribution in [3.8, 4) is 0 Å². The monoisotopic (exact) mass is 385 g/mol. The van der Waals surface area contributed by atoms with E-state index in [4.69, 9.17) is 4.74 Å². The number of hydrogen-bond acceptors (Lipinski definition) is 6. The summed E-state index contributed by atoms with van der Waals surface area (Å²) in [6.07, 6.45) is 7.81. The van der Waals surface area contributed by atoms with Crippen LogP contribution >= 0.6 is 0 Å². The number of fused-ring (bicyclic) bond motifs is 1. The molecule has 0 saturated carbocycles. The molecule has 2 saturated heterocycles. The van der Waals surface area contributed by atoms with Crippen molar-refractivity contribution in [1.82, 2.24) is 19.7 Å². The van der Waals surface area contributed by atoms with E-state index in [1.807, 2.05) is 20.9 Å². The molecule has 2 fully saturated rings. The molecule has 7 heteroatoms. The number of pyridine rings is 1. The maximum absolute atomic E-state index is 12.7. The Hall–Kier alpha value is -2.15. The molecule has 28 heavy (non-hydrogen) atoms. The molecule has 0 aliphatic carbocycles. The van der Waals surface area contributed by atoms with Crippen LogP contribution in [-0.2, 0) is 11.8 Å². The number of nitrogens with zero attached hydrogens (tertiary/aromatic N) is 5. The summed E-state index contributed by atoms with van der Waals surface area (Å²) in [7, 11) is 1.90. The molecule has 0 bridgehead atoms. The van der Waals surface area contributed by atoms with Gasteiger partial charge in [-0.15, -0.1) is 0 Å². The maximum atomic E-state index is 12.7. The zero-order valence-electron chi connectivity index (χ0n) is 17.3. The van der Waals surface area contributed by atoms with E-state index in [1.165, 1.54) is 32.4 Å². The van der Waals surface area contributed by atoms with Gasteiger partial charge in [-0.1, -0.05) is 0 Å². The van der Waals surface area contributed by atoms with Gasteiger partial charge in [0.15, 0.2) is 5.65 Å². The highest BCUT2D eigenvalue weighted by Crippen LogP contribution is 2.34. The molecule has 0 radical (unpaired) electrons. The van der Waals surface area contributed by atoms with Crippen LogP contribution in [0.25, 0.3) is 11.0 Å². The summed E-state index contributed by atoms with van der Waals surface area (Å²) in [4.78, 5) is 22.3. The number of likely N-dealkylation sites (tertiary alicyclic amines) is 1. The minimum atomic E-state index is -0.296. The van der Waals surface area contributed by atoms with Crippen molar-refractivity contribution in [1.29, 1.82) is 0 Å². The van der Waals surface area contributed by atoms with Crippen LogP contribution in [0.15, 0.2) is 6.20 Å². The Balaban J connectivity index is 1.71. The zero-order valence-corrected chi connectivity index (χ0v) is 17.3. The van der Waals surface area contributed by atoms with Crippen molar-refractivity contribution in [2.75, 3.05) is 37.7 Å². The van der Waals surface area contributed by atoms with Crippen molar-refractivity contribution >= 4 is 22.7 Å². The quantitative estimate of drug-likeness (QED) is 0.754. The molecule has 0 amide bonds. The highest BCUT2D eigenvalue weighted by atomic mass is 16.5. The van der Waals surface area contributed by atoms with Crippen LogP contribution in [0, 0.1) is 6.92 Å². The number of carbonyl (C=O) groups excluding carboxylic acids is 1. The summed E-state index contributed by atoms with van der Waals surface area (Å²) in [5, 5.41) is 5.54. The van der Waals surface area contributed by atoms with E-state index < -0.39 is 0 Å². The third-order valence-electron chi connectivity index (χ3n) is 6.17. The van der Waals surface area contributed by atoms with Gasteiger partial charge >= 0.3 is 5.97 Å². The van der Waals surface area contributed by atoms with E-state index in [2.05, 4.69) is 19.9 Å². The van der Waals surface area contributed by atoms with Crippen molar-refractivity contribution < 1.29 is 9.53 Å². The Morgan fingerprint density at radius 3 is 2.71 bits per heavy atom. The summed E-state index contributed by atoms with van der Waals surface area (Å²) < 4.78 is 7.15. The van der Waals surface area contributed by atoms with E-state index in [-0.39, 0.29) is 5.97 Å². The Bertz CT molecular complexity index is 856. The predicted octanol–water partition coefficient (Wildman–Crippen LogP) is 2.91. The van der Waals surface area contributed by atoms with Crippen LogP contribution in [0.3, 0.4) is 0 Å². The Morgan fingerprint density at radius 2 is 1.96 bits per heavy atom. The number of aryl methyl sites for hydroxylation is 2. The molecule has 2 aliphatic heterocycles. The van der Waals surface area contributed by atoms with Gasteiger partial charge in [-0.3, -0.25) is 4.68 Å². The summed E-state index contributed by atoms with van der Waals surface area (Å²) in [6, 6.07) is 0.658. The van der Waals surface area contributed by atoms with Crippen LogP contribution in [0.1, 0.15) is 55.1 Å². The number of anilines is 1. The molecule has 7 nitrogen and oxygen atoms in total. The summed E-state index contributed by atoms with van der Waals surface area (Å²) >= 11 is 0. The van der Waals surface area contributed by atoms with Crippen molar-refractivity contribution in [3.05, 3.63) is 17.5 Å². The van der Waals surface area contributed by atoms with Gasteiger partial charge in [0.25, 0.3) is 0 Å². The zero-order chi connectivity index (χ0) is 19.7. The minimum absolute atomic E-state index is 0.296. The Morgan fingerprint density at radius 1 is 1.18 bits per heavy atom.